The van der Waals surface area contributed by atoms with E-state index >= 15 is 0 Å². The summed E-state index contributed by atoms with van der Waals surface area (Å²) in [7, 11) is 0. The molecule has 0 atom stereocenters. The normalized spacial score (nSPS) is 10.8. The first-order valence-corrected chi connectivity index (χ1v) is 6.58. The first-order valence-electron chi connectivity index (χ1n) is 6.58. The van der Waals surface area contributed by atoms with Gasteiger partial charge in [-0.25, -0.2) is 0 Å². The third kappa shape index (κ3) is 1.77. The average molecular weight is 268 g/mol. The molecule has 0 unspecified atom stereocenters. The average Bonchev–Trinajstić information content (AvgIpc) is 2.49. The number of benzene rings is 2. The van der Waals surface area contributed by atoms with Gasteiger partial charge in [0.25, 0.3) is 0 Å². The van der Waals surface area contributed by atoms with Gasteiger partial charge in [0.05, 0.1) is 0 Å². The lowest BCUT2D eigenvalue weighted by atomic mass is 10.2. The standard InChI is InChI=1S/C16H14N2O2/c1-2-17-14-11-7-6-10-13(14)15(19)18(16(17)20)12-8-4-3-5-9-12/h3-11H,2H2,1H3/p+2. The zero-order valence-electron chi connectivity index (χ0n) is 11.2. The number of aromatic hydroxyl groups is 2. The molecular weight excluding hydrogens is 252 g/mol. The van der Waals surface area contributed by atoms with Crippen LogP contribution in [-0.4, -0.2) is 10.2 Å². The van der Waals surface area contributed by atoms with Gasteiger partial charge in [0.1, 0.15) is 0 Å². The van der Waals surface area contributed by atoms with E-state index in [2.05, 4.69) is 0 Å². The number of hydrogen-bond donors (Lipinski definition) is 2. The summed E-state index contributed by atoms with van der Waals surface area (Å²) in [6, 6.07) is 16.8. The number of fused-ring (bicyclic) bond motifs is 1. The van der Waals surface area contributed by atoms with Gasteiger partial charge in [-0.05, 0) is 17.6 Å². The van der Waals surface area contributed by atoms with E-state index < -0.39 is 0 Å². The fourth-order valence-corrected chi connectivity index (χ4v) is 2.47. The number of aryl methyl sites for hydroxylation is 1. The molecule has 4 nitrogen and oxygen atoms in total. The molecule has 3 aromatic rings. The zero-order chi connectivity index (χ0) is 14.1. The highest BCUT2D eigenvalue weighted by Gasteiger charge is 2.34. The Bertz CT molecular complexity index is 770. The van der Waals surface area contributed by atoms with Crippen LogP contribution in [0.1, 0.15) is 6.92 Å². The summed E-state index contributed by atoms with van der Waals surface area (Å²) in [5, 5.41) is 21.7. The van der Waals surface area contributed by atoms with Gasteiger partial charge >= 0.3 is 11.9 Å². The number of nitrogens with zero attached hydrogens (tertiary/aromatic N) is 2. The maximum absolute atomic E-state index is 10.5. The van der Waals surface area contributed by atoms with E-state index in [1.165, 1.54) is 4.57 Å². The molecule has 0 bridgehead atoms. The van der Waals surface area contributed by atoms with Crippen molar-refractivity contribution in [2.24, 2.45) is 0 Å². The van der Waals surface area contributed by atoms with Gasteiger partial charge in [-0.3, -0.25) is 0 Å². The molecule has 0 saturated heterocycles. The number of rotatable bonds is 2. The molecule has 0 amide bonds. The summed E-state index contributed by atoms with van der Waals surface area (Å²) in [6.07, 6.45) is 0. The summed E-state index contributed by atoms with van der Waals surface area (Å²) in [5.41, 5.74) is 1.52. The second kappa shape index (κ2) is 4.81. The molecule has 4 heteroatoms. The molecule has 100 valence electrons. The Kier molecular flexibility index (Phi) is 2.99. The molecule has 2 aromatic carbocycles. The van der Waals surface area contributed by atoms with Gasteiger partial charge in [-0.15, -0.1) is 0 Å². The third-order valence-electron chi connectivity index (χ3n) is 3.42. The van der Waals surface area contributed by atoms with Crippen molar-refractivity contribution in [2.45, 2.75) is 13.5 Å². The summed E-state index contributed by atoms with van der Waals surface area (Å²) in [6.45, 7) is 2.57. The topological polar surface area (TPSA) is 48.2 Å². The van der Waals surface area contributed by atoms with Gasteiger partial charge in [0.15, 0.2) is 11.9 Å². The molecule has 0 radical (unpaired) electrons. The summed E-state index contributed by atoms with van der Waals surface area (Å²) < 4.78 is 3.22. The van der Waals surface area contributed by atoms with Crippen molar-refractivity contribution in [2.75, 3.05) is 0 Å². The van der Waals surface area contributed by atoms with Crippen LogP contribution in [0.15, 0.2) is 54.6 Å². The van der Waals surface area contributed by atoms with Crippen molar-refractivity contribution in [3.8, 4) is 17.6 Å². The Labute approximate surface area is 116 Å². The van der Waals surface area contributed by atoms with Crippen LogP contribution in [0.4, 0.5) is 0 Å². The predicted molar refractivity (Wildman–Crippen MR) is 74.7 cm³/mol. The molecule has 0 aliphatic rings. The van der Waals surface area contributed by atoms with Crippen LogP contribution in [0, 0.1) is 0 Å². The van der Waals surface area contributed by atoms with Crippen molar-refractivity contribution < 1.29 is 19.3 Å². The van der Waals surface area contributed by atoms with E-state index in [4.69, 9.17) is 0 Å². The van der Waals surface area contributed by atoms with Crippen molar-refractivity contribution in [1.82, 2.24) is 0 Å². The maximum atomic E-state index is 10.5. The Morgan fingerprint density at radius 2 is 1.55 bits per heavy atom. The molecule has 0 aliphatic carbocycles. The number of hydrogen-bond acceptors (Lipinski definition) is 2. The predicted octanol–water partition coefficient (Wildman–Crippen LogP) is 1.84. The number of aromatic nitrogens is 2. The minimum absolute atomic E-state index is 0.00917. The molecule has 0 aliphatic heterocycles. The van der Waals surface area contributed by atoms with Gasteiger partial charge < -0.3 is 10.2 Å². The fourth-order valence-electron chi connectivity index (χ4n) is 2.47. The Hall–Kier alpha value is -2.62. The van der Waals surface area contributed by atoms with Crippen LogP contribution < -0.4 is 9.13 Å². The van der Waals surface area contributed by atoms with Crippen molar-refractivity contribution in [1.29, 1.82) is 0 Å². The third-order valence-corrected chi connectivity index (χ3v) is 3.42. The summed E-state index contributed by atoms with van der Waals surface area (Å²) >= 11 is 0. The van der Waals surface area contributed by atoms with Crippen LogP contribution >= 0.6 is 0 Å². The second-order valence-electron chi connectivity index (χ2n) is 4.56. The van der Waals surface area contributed by atoms with Gasteiger partial charge in [0.2, 0.25) is 11.2 Å². The molecule has 0 spiro atoms. The second-order valence-corrected chi connectivity index (χ2v) is 4.56. The van der Waals surface area contributed by atoms with Crippen LogP contribution in [0.3, 0.4) is 0 Å². The Morgan fingerprint density at radius 3 is 2.25 bits per heavy atom. The molecule has 1 aromatic heterocycles. The highest BCUT2D eigenvalue weighted by molar-refractivity contribution is 5.79. The number of para-hydroxylation sites is 2. The molecule has 3 rings (SSSR count). The van der Waals surface area contributed by atoms with Crippen LogP contribution in [0.5, 0.6) is 11.9 Å². The van der Waals surface area contributed by atoms with E-state index in [-0.39, 0.29) is 11.9 Å². The van der Waals surface area contributed by atoms with E-state index in [0.29, 0.717) is 11.9 Å². The monoisotopic (exact) mass is 268 g/mol. The Morgan fingerprint density at radius 1 is 0.900 bits per heavy atom. The smallest absolute Gasteiger partial charge is 0.459 e. The van der Waals surface area contributed by atoms with E-state index in [9.17, 15) is 10.2 Å². The van der Waals surface area contributed by atoms with Gasteiger partial charge in [-0.1, -0.05) is 34.9 Å². The van der Waals surface area contributed by atoms with E-state index in [0.717, 1.165) is 11.2 Å². The van der Waals surface area contributed by atoms with Crippen molar-refractivity contribution >= 4 is 10.9 Å². The van der Waals surface area contributed by atoms with Crippen LogP contribution in [-0.2, 0) is 6.54 Å². The molecule has 20 heavy (non-hydrogen) atoms. The fraction of sp³-hybridized carbons (Fsp3) is 0.125. The van der Waals surface area contributed by atoms with Crippen molar-refractivity contribution in [3.63, 3.8) is 0 Å². The molecular formula is C16H16N2O2+2. The van der Waals surface area contributed by atoms with Crippen LogP contribution in [0.2, 0.25) is 0 Å². The lowest BCUT2D eigenvalue weighted by Crippen LogP contribution is -2.46. The first kappa shape index (κ1) is 12.4. The van der Waals surface area contributed by atoms with E-state index in [1.807, 2.05) is 61.5 Å². The minimum Gasteiger partial charge on any atom is -0.459 e. The molecule has 0 saturated carbocycles. The molecule has 2 N–H and O–H groups in total. The van der Waals surface area contributed by atoms with Gasteiger partial charge in [0, 0.05) is 18.2 Å². The minimum atomic E-state index is 0.00917. The van der Waals surface area contributed by atoms with E-state index in [1.54, 1.807) is 4.57 Å². The summed E-state index contributed by atoms with van der Waals surface area (Å²) in [5.74, 6) is 0.0361. The van der Waals surface area contributed by atoms with Crippen molar-refractivity contribution in [3.05, 3.63) is 54.6 Å². The first-order chi connectivity index (χ1) is 9.74. The lowest BCUT2D eigenvalue weighted by molar-refractivity contribution is -0.779. The molecule has 0 fully saturated rings. The van der Waals surface area contributed by atoms with Crippen LogP contribution in [0.25, 0.3) is 16.6 Å². The quantitative estimate of drug-likeness (QED) is 0.697. The summed E-state index contributed by atoms with van der Waals surface area (Å²) in [4.78, 5) is 0. The zero-order valence-corrected chi connectivity index (χ0v) is 11.2. The highest BCUT2D eigenvalue weighted by atomic mass is 16.3. The SMILES string of the molecule is CC[n+]1c(O)[n+](-c2ccccc2)c(O)c2ccccc21. The highest BCUT2D eigenvalue weighted by Crippen LogP contribution is 2.22. The largest absolute Gasteiger partial charge is 0.638 e. The maximum Gasteiger partial charge on any atom is 0.638 e. The molecule has 1 heterocycles. The lowest BCUT2D eigenvalue weighted by Gasteiger charge is -2.03. The van der Waals surface area contributed by atoms with Gasteiger partial charge in [-0.2, -0.15) is 0 Å². The Balaban J connectivity index is 2.44.